The summed E-state index contributed by atoms with van der Waals surface area (Å²) in [6.45, 7) is 2.07. The second-order valence-corrected chi connectivity index (χ2v) is 6.98. The first-order chi connectivity index (χ1) is 10.8. The number of hydrogen-bond acceptors (Lipinski definition) is 2. The number of rotatable bonds is 2. The van der Waals surface area contributed by atoms with Gasteiger partial charge in [0.15, 0.2) is 0 Å². The molecule has 0 saturated heterocycles. The van der Waals surface area contributed by atoms with Gasteiger partial charge in [-0.15, -0.1) is 11.3 Å². The Balaban J connectivity index is 1.93. The van der Waals surface area contributed by atoms with Crippen LogP contribution < -0.4 is 0 Å². The van der Waals surface area contributed by atoms with Crippen molar-refractivity contribution in [3.8, 4) is 0 Å². The van der Waals surface area contributed by atoms with Crippen LogP contribution in [0.4, 0.5) is 0 Å². The molecule has 1 aromatic heterocycles. The van der Waals surface area contributed by atoms with Crippen LogP contribution in [0.2, 0.25) is 0 Å². The highest BCUT2D eigenvalue weighted by atomic mass is 32.1. The van der Waals surface area contributed by atoms with Gasteiger partial charge in [-0.2, -0.15) is 0 Å². The monoisotopic (exact) mass is 303 g/mol. The lowest BCUT2D eigenvalue weighted by Crippen LogP contribution is -2.25. The number of benzene rings is 2. The van der Waals surface area contributed by atoms with Gasteiger partial charge in [0.05, 0.1) is 15.2 Å². The molecule has 108 valence electrons. The second-order valence-electron chi connectivity index (χ2n) is 5.74. The Morgan fingerprint density at radius 2 is 1.86 bits per heavy atom. The molecule has 0 N–H and O–H groups in total. The third kappa shape index (κ3) is 2.11. The Hall–Kier alpha value is -2.19. The van der Waals surface area contributed by atoms with Crippen molar-refractivity contribution in [3.63, 3.8) is 0 Å². The molecule has 3 aromatic rings. The molecule has 4 rings (SSSR count). The topological polar surface area (TPSA) is 12.9 Å². The van der Waals surface area contributed by atoms with Crippen molar-refractivity contribution < 1.29 is 0 Å². The quantitative estimate of drug-likeness (QED) is 0.617. The molecule has 1 nitrogen and oxygen atoms in total. The summed E-state index contributed by atoms with van der Waals surface area (Å²) >= 11 is 1.77. The van der Waals surface area contributed by atoms with Crippen LogP contribution in [-0.2, 0) is 5.41 Å². The predicted molar refractivity (Wildman–Crippen MR) is 94.5 cm³/mol. The Morgan fingerprint density at radius 3 is 2.64 bits per heavy atom. The van der Waals surface area contributed by atoms with Gasteiger partial charge in [-0.3, -0.25) is 0 Å². The van der Waals surface area contributed by atoms with Crippen LogP contribution in [0.25, 0.3) is 10.2 Å². The first-order valence-electron chi connectivity index (χ1n) is 7.55. The molecule has 1 atom stereocenters. The van der Waals surface area contributed by atoms with Gasteiger partial charge in [0.2, 0.25) is 0 Å². The number of nitrogens with zero attached hydrogens (tertiary/aromatic N) is 1. The van der Waals surface area contributed by atoms with E-state index in [0.717, 1.165) is 16.9 Å². The minimum absolute atomic E-state index is 0.0674. The number of thiazole rings is 1. The summed E-state index contributed by atoms with van der Waals surface area (Å²) in [5, 5.41) is 1.12. The van der Waals surface area contributed by atoms with E-state index in [4.69, 9.17) is 0 Å². The van der Waals surface area contributed by atoms with Gasteiger partial charge >= 0.3 is 0 Å². The zero-order valence-corrected chi connectivity index (χ0v) is 13.3. The lowest BCUT2D eigenvalue weighted by molar-refractivity contribution is 0.649. The van der Waals surface area contributed by atoms with E-state index in [1.54, 1.807) is 11.3 Å². The number of allylic oxidation sites excluding steroid dienone is 4. The van der Waals surface area contributed by atoms with Crippen LogP contribution in [0.3, 0.4) is 0 Å². The maximum absolute atomic E-state index is 4.58. The van der Waals surface area contributed by atoms with Gasteiger partial charge in [-0.05, 0) is 36.6 Å². The molecule has 0 saturated carbocycles. The SMILES string of the molecule is Cc1nc2ccc(C3(c4ccccc4)C=CC=CC3)cc2s1. The molecule has 2 heteroatoms. The smallest absolute Gasteiger partial charge is 0.0907 e. The molecule has 1 aliphatic rings. The van der Waals surface area contributed by atoms with Crippen molar-refractivity contribution in [2.75, 3.05) is 0 Å². The van der Waals surface area contributed by atoms with Crippen LogP contribution in [0.5, 0.6) is 0 Å². The zero-order valence-electron chi connectivity index (χ0n) is 12.5. The van der Waals surface area contributed by atoms with Gasteiger partial charge in [0.1, 0.15) is 0 Å². The summed E-state index contributed by atoms with van der Waals surface area (Å²) in [5.41, 5.74) is 3.72. The predicted octanol–water partition coefficient (Wildman–Crippen LogP) is 5.41. The molecule has 1 heterocycles. The van der Waals surface area contributed by atoms with Crippen molar-refractivity contribution in [2.45, 2.75) is 18.8 Å². The third-order valence-electron chi connectivity index (χ3n) is 4.37. The minimum atomic E-state index is -0.0674. The van der Waals surface area contributed by atoms with Crippen molar-refractivity contribution in [3.05, 3.63) is 89.0 Å². The lowest BCUT2D eigenvalue weighted by Gasteiger charge is -2.32. The van der Waals surface area contributed by atoms with Crippen LogP contribution in [0.1, 0.15) is 22.6 Å². The molecule has 1 aliphatic carbocycles. The Kier molecular flexibility index (Phi) is 3.20. The van der Waals surface area contributed by atoms with E-state index in [1.165, 1.54) is 15.8 Å². The average molecular weight is 303 g/mol. The number of hydrogen-bond donors (Lipinski definition) is 0. The van der Waals surface area contributed by atoms with Gasteiger partial charge in [-0.25, -0.2) is 4.98 Å². The van der Waals surface area contributed by atoms with Crippen molar-refractivity contribution in [1.82, 2.24) is 4.98 Å². The number of aryl methyl sites for hydroxylation is 1. The molecule has 0 spiro atoms. The van der Waals surface area contributed by atoms with Gasteiger partial charge in [-0.1, -0.05) is 60.7 Å². The largest absolute Gasteiger partial charge is 0.242 e. The Labute approximate surface area is 134 Å². The maximum Gasteiger partial charge on any atom is 0.0907 e. The first-order valence-corrected chi connectivity index (χ1v) is 8.37. The minimum Gasteiger partial charge on any atom is -0.242 e. The fourth-order valence-corrected chi connectivity index (χ4v) is 4.13. The van der Waals surface area contributed by atoms with Crippen LogP contribution in [0.15, 0.2) is 72.8 Å². The summed E-state index contributed by atoms with van der Waals surface area (Å²) in [4.78, 5) is 4.58. The average Bonchev–Trinajstić information content (AvgIpc) is 2.95. The van der Waals surface area contributed by atoms with Crippen molar-refractivity contribution in [1.29, 1.82) is 0 Å². The normalized spacial score (nSPS) is 20.6. The van der Waals surface area contributed by atoms with E-state index in [9.17, 15) is 0 Å². The summed E-state index contributed by atoms with van der Waals surface area (Å²) in [7, 11) is 0. The molecule has 0 bridgehead atoms. The number of aromatic nitrogens is 1. The highest BCUT2D eigenvalue weighted by Crippen LogP contribution is 2.40. The molecule has 0 radical (unpaired) electrons. The van der Waals surface area contributed by atoms with E-state index >= 15 is 0 Å². The maximum atomic E-state index is 4.58. The van der Waals surface area contributed by atoms with Crippen LogP contribution >= 0.6 is 11.3 Å². The fourth-order valence-electron chi connectivity index (χ4n) is 3.27. The molecule has 0 aliphatic heterocycles. The first kappa shape index (κ1) is 13.5. The van der Waals surface area contributed by atoms with E-state index in [-0.39, 0.29) is 5.41 Å². The highest BCUT2D eigenvalue weighted by molar-refractivity contribution is 7.18. The molecular weight excluding hydrogens is 286 g/mol. The van der Waals surface area contributed by atoms with E-state index < -0.39 is 0 Å². The fraction of sp³-hybridized carbons (Fsp3) is 0.150. The van der Waals surface area contributed by atoms with Gasteiger partial charge < -0.3 is 0 Å². The zero-order chi connectivity index (χ0) is 15.0. The summed E-state index contributed by atoms with van der Waals surface area (Å²) in [6, 6.07) is 17.5. The van der Waals surface area contributed by atoms with E-state index in [2.05, 4.69) is 84.7 Å². The molecule has 1 unspecified atom stereocenters. The standard InChI is InChI=1S/C20H17NS/c1-15-21-18-11-10-17(14-19(18)22-15)20(12-6-3-7-13-20)16-8-4-2-5-9-16/h2-12,14H,13H2,1H3. The summed E-state index contributed by atoms with van der Waals surface area (Å²) < 4.78 is 1.27. The van der Waals surface area contributed by atoms with Crippen molar-refractivity contribution >= 4 is 21.6 Å². The Bertz CT molecular complexity index is 873. The molecule has 2 aromatic carbocycles. The summed E-state index contributed by atoms with van der Waals surface area (Å²) in [5.74, 6) is 0. The Morgan fingerprint density at radius 1 is 1.00 bits per heavy atom. The molecule has 0 amide bonds. The van der Waals surface area contributed by atoms with E-state index in [0.29, 0.717) is 0 Å². The van der Waals surface area contributed by atoms with E-state index in [1.807, 2.05) is 0 Å². The second kappa shape index (κ2) is 5.22. The van der Waals surface area contributed by atoms with Crippen LogP contribution in [-0.4, -0.2) is 4.98 Å². The molecular formula is C20H17NS. The third-order valence-corrected chi connectivity index (χ3v) is 5.30. The van der Waals surface area contributed by atoms with Gasteiger partial charge in [0, 0.05) is 5.41 Å². The van der Waals surface area contributed by atoms with Crippen molar-refractivity contribution in [2.24, 2.45) is 0 Å². The molecule has 0 fully saturated rings. The summed E-state index contributed by atoms with van der Waals surface area (Å²) in [6.07, 6.45) is 9.89. The number of fused-ring (bicyclic) bond motifs is 1. The lowest BCUT2D eigenvalue weighted by atomic mass is 9.70. The van der Waals surface area contributed by atoms with Crippen LogP contribution in [0, 0.1) is 6.92 Å². The highest BCUT2D eigenvalue weighted by Gasteiger charge is 2.31. The van der Waals surface area contributed by atoms with Gasteiger partial charge in [0.25, 0.3) is 0 Å². The molecule has 22 heavy (non-hydrogen) atoms.